The first kappa shape index (κ1) is 22.8. The van der Waals surface area contributed by atoms with E-state index in [1.165, 1.54) is 22.8 Å². The number of ether oxygens (including phenoxy) is 1. The third-order valence-electron chi connectivity index (χ3n) is 5.60. The molecule has 0 aliphatic carbocycles. The number of rotatable bonds is 7. The maximum absolute atomic E-state index is 14.8. The van der Waals surface area contributed by atoms with Crippen LogP contribution in [0.3, 0.4) is 0 Å². The zero-order valence-corrected chi connectivity index (χ0v) is 19.8. The van der Waals surface area contributed by atoms with Crippen molar-refractivity contribution < 1.29 is 13.9 Å². The van der Waals surface area contributed by atoms with Crippen LogP contribution in [0.1, 0.15) is 12.0 Å². The molecule has 35 heavy (non-hydrogen) atoms. The fourth-order valence-electron chi connectivity index (χ4n) is 3.81. The first-order chi connectivity index (χ1) is 17.1. The van der Waals surface area contributed by atoms with Gasteiger partial charge < -0.3 is 4.74 Å². The van der Waals surface area contributed by atoms with E-state index in [1.807, 2.05) is 54.6 Å². The minimum Gasteiger partial charge on any atom is -0.497 e. The second-order valence-electron chi connectivity index (χ2n) is 7.79. The van der Waals surface area contributed by atoms with Gasteiger partial charge >= 0.3 is 0 Å². The molecule has 176 valence electrons. The van der Waals surface area contributed by atoms with E-state index < -0.39 is 5.82 Å². The standard InChI is InChI=1S/C26H22FN5O2S/c1-34-20-13-11-19(12-14-20)25-28-29-26(32(25)23-10-6-5-9-21(23)27)35-17-24(33)31-16-15-22(30-31)18-7-3-2-4-8-18/h2-14H,15-17H2,1H3. The van der Waals surface area contributed by atoms with E-state index in [9.17, 15) is 9.18 Å². The highest BCUT2D eigenvalue weighted by atomic mass is 32.2. The van der Waals surface area contributed by atoms with Crippen molar-refractivity contribution in [3.63, 3.8) is 0 Å². The summed E-state index contributed by atoms with van der Waals surface area (Å²) < 4.78 is 21.7. The van der Waals surface area contributed by atoms with Gasteiger partial charge in [0.1, 0.15) is 11.6 Å². The van der Waals surface area contributed by atoms with Crippen LogP contribution in [-0.4, -0.2) is 50.8 Å². The number of benzene rings is 3. The summed E-state index contributed by atoms with van der Waals surface area (Å²) >= 11 is 1.20. The monoisotopic (exact) mass is 487 g/mol. The zero-order valence-electron chi connectivity index (χ0n) is 19.0. The minimum atomic E-state index is -0.410. The Hall–Kier alpha value is -3.98. The Morgan fingerprint density at radius 1 is 0.971 bits per heavy atom. The molecule has 1 aromatic heterocycles. The quantitative estimate of drug-likeness (QED) is 0.350. The normalized spacial score (nSPS) is 13.1. The molecule has 0 unspecified atom stereocenters. The molecule has 0 spiro atoms. The predicted octanol–water partition coefficient (Wildman–Crippen LogP) is 4.81. The van der Waals surface area contributed by atoms with E-state index in [4.69, 9.17) is 4.74 Å². The van der Waals surface area contributed by atoms with Crippen molar-refractivity contribution in [1.82, 2.24) is 19.8 Å². The Bertz CT molecular complexity index is 1370. The van der Waals surface area contributed by atoms with Crippen LogP contribution in [0.25, 0.3) is 17.1 Å². The number of amides is 1. The molecule has 0 radical (unpaired) electrons. The molecule has 4 aromatic rings. The van der Waals surface area contributed by atoms with Crippen molar-refractivity contribution in [3.8, 4) is 22.8 Å². The van der Waals surface area contributed by atoms with Crippen molar-refractivity contribution in [2.45, 2.75) is 11.6 Å². The van der Waals surface area contributed by atoms with Crippen molar-refractivity contribution in [2.24, 2.45) is 5.10 Å². The number of hydrogen-bond donors (Lipinski definition) is 0. The molecule has 1 aliphatic heterocycles. The molecular weight excluding hydrogens is 465 g/mol. The molecule has 9 heteroatoms. The van der Waals surface area contributed by atoms with Crippen molar-refractivity contribution in [3.05, 3.63) is 90.2 Å². The van der Waals surface area contributed by atoms with E-state index >= 15 is 0 Å². The lowest BCUT2D eigenvalue weighted by molar-refractivity contribution is -0.127. The first-order valence-corrected chi connectivity index (χ1v) is 12.0. The molecule has 5 rings (SSSR count). The number of halogens is 1. The summed E-state index contributed by atoms with van der Waals surface area (Å²) in [5, 5.41) is 15.0. The number of carbonyl (C=O) groups excluding carboxylic acids is 1. The maximum Gasteiger partial charge on any atom is 0.253 e. The van der Waals surface area contributed by atoms with Crippen LogP contribution in [0, 0.1) is 5.82 Å². The lowest BCUT2D eigenvalue weighted by atomic mass is 10.1. The van der Waals surface area contributed by atoms with Gasteiger partial charge in [0.2, 0.25) is 0 Å². The third kappa shape index (κ3) is 4.81. The molecular formula is C26H22FN5O2S. The van der Waals surface area contributed by atoms with E-state index in [0.717, 1.165) is 16.8 Å². The lowest BCUT2D eigenvalue weighted by Gasteiger charge is -2.13. The molecule has 2 heterocycles. The van der Waals surface area contributed by atoms with Gasteiger partial charge in [0.05, 0.1) is 30.8 Å². The smallest absolute Gasteiger partial charge is 0.253 e. The van der Waals surface area contributed by atoms with Crippen LogP contribution in [0.2, 0.25) is 0 Å². The fourth-order valence-corrected chi connectivity index (χ4v) is 4.63. The van der Waals surface area contributed by atoms with Gasteiger partial charge in [-0.3, -0.25) is 9.36 Å². The lowest BCUT2D eigenvalue weighted by Crippen LogP contribution is -2.25. The van der Waals surface area contributed by atoms with Crippen molar-refractivity contribution in [1.29, 1.82) is 0 Å². The molecule has 1 aliphatic rings. The number of aromatic nitrogens is 3. The van der Waals surface area contributed by atoms with Crippen LogP contribution < -0.4 is 4.74 Å². The summed E-state index contributed by atoms with van der Waals surface area (Å²) in [7, 11) is 1.59. The summed E-state index contributed by atoms with van der Waals surface area (Å²) in [4.78, 5) is 12.9. The second-order valence-corrected chi connectivity index (χ2v) is 8.73. The molecule has 0 saturated heterocycles. The Morgan fingerprint density at radius 2 is 1.71 bits per heavy atom. The fraction of sp³-hybridized carbons (Fsp3) is 0.154. The molecule has 3 aromatic carbocycles. The van der Waals surface area contributed by atoms with Gasteiger partial charge in [-0.1, -0.05) is 54.2 Å². The van der Waals surface area contributed by atoms with Gasteiger partial charge in [-0.2, -0.15) is 5.10 Å². The molecule has 0 saturated carbocycles. The number of carbonyl (C=O) groups is 1. The Morgan fingerprint density at radius 3 is 2.46 bits per heavy atom. The minimum absolute atomic E-state index is 0.0980. The SMILES string of the molecule is COc1ccc(-c2nnc(SCC(=O)N3CCC(c4ccccc4)=N3)n2-c2ccccc2F)cc1. The molecule has 0 bridgehead atoms. The highest BCUT2D eigenvalue weighted by Crippen LogP contribution is 2.30. The molecule has 0 N–H and O–H groups in total. The van der Waals surface area contributed by atoms with Crippen LogP contribution in [0.15, 0.2) is 89.1 Å². The topological polar surface area (TPSA) is 72.6 Å². The van der Waals surface area contributed by atoms with Gasteiger partial charge in [-0.25, -0.2) is 9.40 Å². The van der Waals surface area contributed by atoms with E-state index in [0.29, 0.717) is 35.4 Å². The van der Waals surface area contributed by atoms with Gasteiger partial charge in [-0.15, -0.1) is 10.2 Å². The van der Waals surface area contributed by atoms with E-state index in [1.54, 1.807) is 29.9 Å². The Labute approximate surface area is 206 Å². The van der Waals surface area contributed by atoms with E-state index in [2.05, 4.69) is 15.3 Å². The molecule has 1 amide bonds. The van der Waals surface area contributed by atoms with Crippen LogP contribution in [0.5, 0.6) is 5.75 Å². The zero-order chi connectivity index (χ0) is 24.2. The largest absolute Gasteiger partial charge is 0.497 e. The molecule has 0 fully saturated rings. The van der Waals surface area contributed by atoms with Gasteiger partial charge in [0.25, 0.3) is 5.91 Å². The van der Waals surface area contributed by atoms with Crippen molar-refractivity contribution >= 4 is 23.4 Å². The Balaban J connectivity index is 1.40. The summed E-state index contributed by atoms with van der Waals surface area (Å²) in [6.07, 6.45) is 0.702. The summed E-state index contributed by atoms with van der Waals surface area (Å²) in [6, 6.07) is 23.5. The summed E-state index contributed by atoms with van der Waals surface area (Å²) in [5.74, 6) is 0.716. The average molecular weight is 488 g/mol. The molecule has 7 nitrogen and oxygen atoms in total. The van der Waals surface area contributed by atoms with Crippen LogP contribution in [-0.2, 0) is 4.79 Å². The third-order valence-corrected chi connectivity index (χ3v) is 6.51. The summed E-state index contributed by atoms with van der Waals surface area (Å²) in [5.41, 5.74) is 2.96. The number of hydrazone groups is 1. The van der Waals surface area contributed by atoms with Gasteiger partial charge in [-0.05, 0) is 42.0 Å². The molecule has 0 atom stereocenters. The number of nitrogens with zero attached hydrogens (tertiary/aromatic N) is 5. The number of para-hydroxylation sites is 1. The maximum atomic E-state index is 14.8. The van der Waals surface area contributed by atoms with E-state index in [-0.39, 0.29) is 11.7 Å². The first-order valence-electron chi connectivity index (χ1n) is 11.0. The van der Waals surface area contributed by atoms with Gasteiger partial charge in [0, 0.05) is 12.0 Å². The average Bonchev–Trinajstić information content (AvgIpc) is 3.56. The number of thioether (sulfide) groups is 1. The number of methoxy groups -OCH3 is 1. The Kier molecular flexibility index (Phi) is 6.58. The highest BCUT2D eigenvalue weighted by Gasteiger charge is 2.24. The summed E-state index contributed by atoms with van der Waals surface area (Å²) in [6.45, 7) is 0.528. The van der Waals surface area contributed by atoms with Crippen LogP contribution >= 0.6 is 11.8 Å². The van der Waals surface area contributed by atoms with Crippen LogP contribution in [0.4, 0.5) is 4.39 Å². The highest BCUT2D eigenvalue weighted by molar-refractivity contribution is 7.99. The predicted molar refractivity (Wildman–Crippen MR) is 133 cm³/mol. The number of hydrogen-bond acceptors (Lipinski definition) is 6. The van der Waals surface area contributed by atoms with Gasteiger partial charge in [0.15, 0.2) is 11.0 Å². The second kappa shape index (κ2) is 10.1. The van der Waals surface area contributed by atoms with Crippen molar-refractivity contribution in [2.75, 3.05) is 19.4 Å².